The number of halogens is 2. The number of benzene rings is 2. The molecule has 3 aliphatic carbocycles. The molecule has 0 unspecified atom stereocenters. The van der Waals surface area contributed by atoms with Crippen molar-refractivity contribution in [2.24, 2.45) is 11.8 Å². The summed E-state index contributed by atoms with van der Waals surface area (Å²) in [6.45, 7) is 1.05. The fourth-order valence-corrected chi connectivity index (χ4v) is 8.20. The average molecular weight is 517 g/mol. The molecule has 3 atom stereocenters. The number of hydrogen-bond donors (Lipinski definition) is 0. The Morgan fingerprint density at radius 2 is 1.31 bits per heavy atom. The van der Waals surface area contributed by atoms with E-state index in [1.54, 1.807) is 0 Å². The lowest BCUT2D eigenvalue weighted by Crippen LogP contribution is -2.56. The molecule has 0 radical (unpaired) electrons. The largest absolute Gasteiger partial charge is 0.376 e. The zero-order chi connectivity index (χ0) is 20.0. The lowest BCUT2D eigenvalue weighted by molar-refractivity contribution is -0.141. The van der Waals surface area contributed by atoms with Crippen LogP contribution in [0.5, 0.6) is 0 Å². The number of imide groups is 1. The summed E-state index contributed by atoms with van der Waals surface area (Å²) >= 11 is 8.04. The maximum atomic E-state index is 13.7. The molecule has 2 bridgehead atoms. The second kappa shape index (κ2) is 6.02. The highest BCUT2D eigenvalue weighted by atomic mass is 79.9. The molecular formula is C23H19Br2NO3. The van der Waals surface area contributed by atoms with Gasteiger partial charge in [-0.1, -0.05) is 80.4 Å². The standard InChI is InChI=1S/C23H19Br2NO3/c24-22-14-7-1-2-8-15(14)23(25,17-10-4-3-9-16(17)22)19-18(22)20(27)26(21(19)28)12-13-6-5-11-29-13/h1-4,7-10,13,18-19H,5-6,11-12H2/t13-,18+,19+,22?,23?/m1/s1. The highest BCUT2D eigenvalue weighted by Crippen LogP contribution is 2.70. The first kappa shape index (κ1) is 18.3. The number of likely N-dealkylation sites (tertiary alicyclic amines) is 1. The lowest BCUT2D eigenvalue weighted by Gasteiger charge is -2.55. The van der Waals surface area contributed by atoms with Crippen LogP contribution in [0.15, 0.2) is 48.5 Å². The average Bonchev–Trinajstić information content (AvgIpc) is 3.34. The third kappa shape index (κ3) is 2.08. The van der Waals surface area contributed by atoms with Crippen LogP contribution in [0.4, 0.5) is 0 Å². The van der Waals surface area contributed by atoms with Crippen molar-refractivity contribution in [2.45, 2.75) is 27.6 Å². The molecule has 2 saturated heterocycles. The first-order valence-electron chi connectivity index (χ1n) is 10.0. The molecule has 7 rings (SSSR count). The molecule has 2 aromatic carbocycles. The molecule has 0 aromatic heterocycles. The van der Waals surface area contributed by atoms with Crippen molar-refractivity contribution in [3.8, 4) is 0 Å². The number of ether oxygens (including phenoxy) is 1. The first-order valence-corrected chi connectivity index (χ1v) is 11.6. The van der Waals surface area contributed by atoms with Crippen LogP contribution in [0, 0.1) is 11.8 Å². The van der Waals surface area contributed by atoms with Crippen molar-refractivity contribution in [2.75, 3.05) is 13.2 Å². The van der Waals surface area contributed by atoms with Gasteiger partial charge in [-0.3, -0.25) is 14.5 Å². The molecule has 2 heterocycles. The molecule has 2 aromatic rings. The van der Waals surface area contributed by atoms with E-state index in [2.05, 4.69) is 56.1 Å². The van der Waals surface area contributed by atoms with E-state index < -0.39 is 20.5 Å². The summed E-state index contributed by atoms with van der Waals surface area (Å²) in [7, 11) is 0. The number of amides is 2. The van der Waals surface area contributed by atoms with Crippen LogP contribution >= 0.6 is 31.9 Å². The molecule has 5 aliphatic rings. The van der Waals surface area contributed by atoms with E-state index in [9.17, 15) is 9.59 Å². The van der Waals surface area contributed by atoms with E-state index in [4.69, 9.17) is 4.74 Å². The van der Waals surface area contributed by atoms with Crippen LogP contribution in [0.1, 0.15) is 35.1 Å². The van der Waals surface area contributed by atoms with Gasteiger partial charge in [0.05, 0.1) is 33.1 Å². The fraction of sp³-hybridized carbons (Fsp3) is 0.391. The topological polar surface area (TPSA) is 46.6 Å². The summed E-state index contributed by atoms with van der Waals surface area (Å²) in [4.78, 5) is 28.9. The monoisotopic (exact) mass is 515 g/mol. The van der Waals surface area contributed by atoms with Crippen molar-refractivity contribution in [1.82, 2.24) is 4.90 Å². The van der Waals surface area contributed by atoms with E-state index in [1.165, 1.54) is 4.90 Å². The van der Waals surface area contributed by atoms with Gasteiger partial charge >= 0.3 is 0 Å². The normalized spacial score (nSPS) is 36.9. The van der Waals surface area contributed by atoms with Crippen LogP contribution in [0.3, 0.4) is 0 Å². The van der Waals surface area contributed by atoms with Gasteiger partial charge in [0.15, 0.2) is 0 Å². The van der Waals surface area contributed by atoms with Gasteiger partial charge < -0.3 is 4.74 Å². The first-order chi connectivity index (χ1) is 14.0. The molecule has 6 heteroatoms. The third-order valence-corrected chi connectivity index (χ3v) is 9.78. The van der Waals surface area contributed by atoms with Gasteiger partial charge in [0.1, 0.15) is 0 Å². The number of carbonyl (C=O) groups excluding carboxylic acids is 2. The Balaban J connectivity index is 1.58. The molecule has 2 fully saturated rings. The van der Waals surface area contributed by atoms with E-state index in [1.807, 2.05) is 24.3 Å². The minimum Gasteiger partial charge on any atom is -0.376 e. The van der Waals surface area contributed by atoms with E-state index in [0.717, 1.165) is 35.1 Å². The van der Waals surface area contributed by atoms with Crippen molar-refractivity contribution in [3.63, 3.8) is 0 Å². The smallest absolute Gasteiger partial charge is 0.235 e. The molecule has 2 aliphatic heterocycles. The summed E-state index contributed by atoms with van der Waals surface area (Å²) in [6, 6.07) is 16.3. The van der Waals surface area contributed by atoms with Gasteiger partial charge in [-0.25, -0.2) is 0 Å². The summed E-state index contributed by atoms with van der Waals surface area (Å²) < 4.78 is 4.32. The maximum absolute atomic E-state index is 13.7. The number of nitrogens with zero attached hydrogens (tertiary/aromatic N) is 1. The predicted octanol–water partition coefficient (Wildman–Crippen LogP) is 4.07. The van der Waals surface area contributed by atoms with Gasteiger partial charge in [-0.15, -0.1) is 0 Å². The summed E-state index contributed by atoms with van der Waals surface area (Å²) in [6.07, 6.45) is 1.82. The van der Waals surface area contributed by atoms with E-state index >= 15 is 0 Å². The fourth-order valence-electron chi connectivity index (χ4n) is 5.90. The highest BCUT2D eigenvalue weighted by molar-refractivity contribution is 9.10. The van der Waals surface area contributed by atoms with Crippen molar-refractivity contribution >= 4 is 43.7 Å². The molecule has 29 heavy (non-hydrogen) atoms. The summed E-state index contributed by atoms with van der Waals surface area (Å²) in [5.74, 6) is -1.17. The Hall–Kier alpha value is -1.50. The SMILES string of the molecule is O=C1[C@@H]2[C@@H](C(=O)N1C[C@H]1CCCO1)C1(Br)c3ccccc3C2(Br)c2ccccc21. The Bertz CT molecular complexity index is 940. The Morgan fingerprint density at radius 3 is 1.69 bits per heavy atom. The van der Waals surface area contributed by atoms with Gasteiger partial charge in [0.25, 0.3) is 0 Å². The number of alkyl halides is 2. The highest BCUT2D eigenvalue weighted by Gasteiger charge is 2.72. The number of carbonyl (C=O) groups is 2. The van der Waals surface area contributed by atoms with Crippen LogP contribution in [0.25, 0.3) is 0 Å². The van der Waals surface area contributed by atoms with Crippen LogP contribution < -0.4 is 0 Å². The summed E-state index contributed by atoms with van der Waals surface area (Å²) in [5, 5.41) is 0. The van der Waals surface area contributed by atoms with Crippen LogP contribution in [-0.2, 0) is 23.0 Å². The van der Waals surface area contributed by atoms with E-state index in [-0.39, 0.29) is 17.9 Å². The quantitative estimate of drug-likeness (QED) is 0.446. The molecule has 0 saturated carbocycles. The zero-order valence-corrected chi connectivity index (χ0v) is 18.8. The molecule has 2 amide bonds. The second-order valence-corrected chi connectivity index (χ2v) is 10.9. The van der Waals surface area contributed by atoms with Gasteiger partial charge in [0.2, 0.25) is 11.8 Å². The molecule has 4 nitrogen and oxygen atoms in total. The Morgan fingerprint density at radius 1 is 0.862 bits per heavy atom. The van der Waals surface area contributed by atoms with Crippen LogP contribution in [-0.4, -0.2) is 36.0 Å². The Labute approximate surface area is 185 Å². The predicted molar refractivity (Wildman–Crippen MR) is 115 cm³/mol. The molecule has 0 spiro atoms. The Kier molecular flexibility index (Phi) is 3.80. The van der Waals surface area contributed by atoms with Crippen molar-refractivity contribution < 1.29 is 14.3 Å². The lowest BCUT2D eigenvalue weighted by atomic mass is 9.54. The maximum Gasteiger partial charge on any atom is 0.235 e. The van der Waals surface area contributed by atoms with Gasteiger partial charge in [-0.2, -0.15) is 0 Å². The molecule has 0 N–H and O–H groups in total. The minimum atomic E-state index is -0.710. The molecular weight excluding hydrogens is 498 g/mol. The van der Waals surface area contributed by atoms with E-state index in [0.29, 0.717) is 13.2 Å². The zero-order valence-electron chi connectivity index (χ0n) is 15.6. The number of hydrogen-bond acceptors (Lipinski definition) is 3. The minimum absolute atomic E-state index is 0.0528. The van der Waals surface area contributed by atoms with Crippen LogP contribution in [0.2, 0.25) is 0 Å². The van der Waals surface area contributed by atoms with Crippen molar-refractivity contribution in [3.05, 3.63) is 70.8 Å². The third-order valence-electron chi connectivity index (χ3n) is 7.09. The summed E-state index contributed by atoms with van der Waals surface area (Å²) in [5.41, 5.74) is 4.27. The number of rotatable bonds is 2. The van der Waals surface area contributed by atoms with Gasteiger partial charge in [0, 0.05) is 6.61 Å². The van der Waals surface area contributed by atoms with Crippen molar-refractivity contribution in [1.29, 1.82) is 0 Å². The second-order valence-electron chi connectivity index (χ2n) is 8.39. The van der Waals surface area contributed by atoms with Gasteiger partial charge in [-0.05, 0) is 35.1 Å². The molecule has 148 valence electrons.